The lowest BCUT2D eigenvalue weighted by Crippen LogP contribution is -2.25. The van der Waals surface area contributed by atoms with Gasteiger partial charge in [0.1, 0.15) is 5.82 Å². The van der Waals surface area contributed by atoms with E-state index in [1.54, 1.807) is 6.07 Å². The minimum absolute atomic E-state index is 0.144. The Morgan fingerprint density at radius 2 is 1.94 bits per heavy atom. The van der Waals surface area contributed by atoms with Gasteiger partial charge >= 0.3 is 5.97 Å². The van der Waals surface area contributed by atoms with Crippen LogP contribution in [-0.2, 0) is 11.3 Å². The Bertz CT molecular complexity index is 1260. The fraction of sp³-hybridized carbons (Fsp3) is 0.367. The Hall–Kier alpha value is -2.63. The van der Waals surface area contributed by atoms with Crippen LogP contribution in [-0.4, -0.2) is 21.9 Å². The predicted octanol–water partition coefficient (Wildman–Crippen LogP) is 7.31. The summed E-state index contributed by atoms with van der Waals surface area (Å²) in [5, 5.41) is 9.61. The molecule has 1 fully saturated rings. The summed E-state index contributed by atoms with van der Waals surface area (Å²) in [6, 6.07) is 19.9. The SMILES string of the molecule is Cc1ccc(C(CC(=O)O)c2ccc(C)c(CN3CC(C)C4CC4c4ccccc4S3)c2)c(F)c1. The molecule has 0 amide bonds. The van der Waals surface area contributed by atoms with E-state index in [-0.39, 0.29) is 12.2 Å². The Kier molecular flexibility index (Phi) is 6.73. The van der Waals surface area contributed by atoms with Crippen molar-refractivity contribution >= 4 is 17.9 Å². The van der Waals surface area contributed by atoms with Gasteiger partial charge in [-0.05, 0) is 95.5 Å². The molecule has 1 heterocycles. The first kappa shape index (κ1) is 24.1. The van der Waals surface area contributed by atoms with E-state index in [4.69, 9.17) is 0 Å². The first-order valence-electron chi connectivity index (χ1n) is 12.4. The highest BCUT2D eigenvalue weighted by Gasteiger charge is 2.44. The van der Waals surface area contributed by atoms with Gasteiger partial charge < -0.3 is 5.11 Å². The number of carboxylic acid groups (broad SMARTS) is 1. The van der Waals surface area contributed by atoms with E-state index in [9.17, 15) is 14.3 Å². The van der Waals surface area contributed by atoms with Gasteiger partial charge in [0.05, 0.1) is 6.42 Å². The van der Waals surface area contributed by atoms with Crippen LogP contribution in [0.2, 0.25) is 0 Å². The normalized spacial score (nSPS) is 22.5. The summed E-state index contributed by atoms with van der Waals surface area (Å²) >= 11 is 1.83. The van der Waals surface area contributed by atoms with Gasteiger partial charge in [-0.3, -0.25) is 4.79 Å². The van der Waals surface area contributed by atoms with Crippen molar-refractivity contribution in [2.75, 3.05) is 6.54 Å². The molecule has 182 valence electrons. The number of nitrogens with zero attached hydrogens (tertiary/aromatic N) is 1. The zero-order chi connectivity index (χ0) is 24.7. The summed E-state index contributed by atoms with van der Waals surface area (Å²) in [6.07, 6.45) is 1.13. The third-order valence-electron chi connectivity index (χ3n) is 7.64. The fourth-order valence-electron chi connectivity index (χ4n) is 5.57. The Morgan fingerprint density at radius 1 is 1.14 bits per heavy atom. The molecule has 2 aliphatic rings. The van der Waals surface area contributed by atoms with E-state index in [1.165, 1.54) is 28.5 Å². The van der Waals surface area contributed by atoms with Crippen molar-refractivity contribution in [3.8, 4) is 0 Å². The summed E-state index contributed by atoms with van der Waals surface area (Å²) in [6.45, 7) is 8.07. The molecule has 0 saturated heterocycles. The number of carbonyl (C=O) groups is 1. The number of aliphatic carboxylic acids is 1. The van der Waals surface area contributed by atoms with Crippen LogP contribution < -0.4 is 0 Å². The molecule has 4 atom stereocenters. The number of hydrogen-bond donors (Lipinski definition) is 1. The molecule has 0 bridgehead atoms. The summed E-state index contributed by atoms with van der Waals surface area (Å²) in [4.78, 5) is 13.1. The zero-order valence-electron chi connectivity index (χ0n) is 20.5. The second-order valence-corrected chi connectivity index (χ2v) is 11.4. The first-order chi connectivity index (χ1) is 16.8. The van der Waals surface area contributed by atoms with Gasteiger partial charge in [-0.2, -0.15) is 0 Å². The maximum atomic E-state index is 14.9. The highest BCUT2D eigenvalue weighted by atomic mass is 32.2. The van der Waals surface area contributed by atoms with Crippen molar-refractivity contribution < 1.29 is 14.3 Å². The fourth-order valence-corrected chi connectivity index (χ4v) is 6.82. The van der Waals surface area contributed by atoms with E-state index in [0.29, 0.717) is 17.4 Å². The Labute approximate surface area is 211 Å². The second kappa shape index (κ2) is 9.79. The molecule has 0 spiro atoms. The van der Waals surface area contributed by atoms with Crippen molar-refractivity contribution in [2.45, 2.75) is 56.9 Å². The molecule has 4 unspecified atom stereocenters. The lowest BCUT2D eigenvalue weighted by molar-refractivity contribution is -0.137. The minimum atomic E-state index is -0.930. The number of rotatable bonds is 6. The van der Waals surface area contributed by atoms with E-state index < -0.39 is 11.9 Å². The number of halogens is 1. The predicted molar refractivity (Wildman–Crippen MR) is 139 cm³/mol. The molecule has 0 radical (unpaired) electrons. The van der Waals surface area contributed by atoms with Crippen LogP contribution in [0.5, 0.6) is 0 Å². The lowest BCUT2D eigenvalue weighted by Gasteiger charge is -2.29. The third-order valence-corrected chi connectivity index (χ3v) is 8.75. The monoisotopic (exact) mass is 489 g/mol. The van der Waals surface area contributed by atoms with Crippen LogP contribution in [0.3, 0.4) is 0 Å². The number of aryl methyl sites for hydroxylation is 2. The van der Waals surface area contributed by atoms with Gasteiger partial charge in [-0.15, -0.1) is 0 Å². The molecule has 0 aromatic heterocycles. The van der Waals surface area contributed by atoms with Gasteiger partial charge in [0, 0.05) is 23.9 Å². The van der Waals surface area contributed by atoms with E-state index >= 15 is 0 Å². The average Bonchev–Trinajstić information content (AvgIpc) is 3.59. The standard InChI is InChI=1S/C30H32FNO2S/c1-18-8-11-23(28(31)12-18)26(15-30(33)34)21-10-9-19(2)22(13-21)17-32-16-20(3)25-14-27(25)24-6-4-5-7-29(24)35-32/h4-13,20,25-27H,14-17H2,1-3H3,(H,33,34). The minimum Gasteiger partial charge on any atom is -0.481 e. The van der Waals surface area contributed by atoms with Crippen molar-refractivity contribution in [3.63, 3.8) is 0 Å². The Balaban J connectivity index is 1.46. The summed E-state index contributed by atoms with van der Waals surface area (Å²) in [5.41, 5.74) is 5.92. The highest BCUT2D eigenvalue weighted by Crippen LogP contribution is 2.56. The molecule has 1 aliphatic carbocycles. The highest BCUT2D eigenvalue weighted by molar-refractivity contribution is 7.97. The van der Waals surface area contributed by atoms with Crippen LogP contribution in [0.1, 0.15) is 65.0 Å². The van der Waals surface area contributed by atoms with Crippen LogP contribution in [0.25, 0.3) is 0 Å². The topological polar surface area (TPSA) is 40.5 Å². The molecule has 1 aliphatic heterocycles. The van der Waals surface area contributed by atoms with Gasteiger partial charge in [0.15, 0.2) is 0 Å². The molecular formula is C30H32FNO2S. The zero-order valence-corrected chi connectivity index (χ0v) is 21.3. The molecule has 5 heteroatoms. The van der Waals surface area contributed by atoms with Crippen LogP contribution in [0.4, 0.5) is 4.39 Å². The molecule has 3 nitrogen and oxygen atoms in total. The van der Waals surface area contributed by atoms with Gasteiger partial charge in [0.2, 0.25) is 0 Å². The number of carboxylic acids is 1. The molecule has 35 heavy (non-hydrogen) atoms. The summed E-state index contributed by atoms with van der Waals surface area (Å²) in [7, 11) is 0. The van der Waals surface area contributed by atoms with Gasteiger partial charge in [0.25, 0.3) is 0 Å². The average molecular weight is 490 g/mol. The van der Waals surface area contributed by atoms with Crippen LogP contribution >= 0.6 is 11.9 Å². The number of hydrogen-bond acceptors (Lipinski definition) is 3. The van der Waals surface area contributed by atoms with Crippen LogP contribution in [0.15, 0.2) is 65.6 Å². The molecule has 1 N–H and O–H groups in total. The van der Waals surface area contributed by atoms with Crippen molar-refractivity contribution in [2.24, 2.45) is 11.8 Å². The molecule has 5 rings (SSSR count). The van der Waals surface area contributed by atoms with Crippen LogP contribution in [0, 0.1) is 31.5 Å². The van der Waals surface area contributed by atoms with Gasteiger partial charge in [-0.25, -0.2) is 8.70 Å². The molecule has 1 saturated carbocycles. The van der Waals surface area contributed by atoms with Crippen molar-refractivity contribution in [3.05, 3.63) is 99.9 Å². The third kappa shape index (κ3) is 5.17. The summed E-state index contributed by atoms with van der Waals surface area (Å²) < 4.78 is 17.3. The largest absolute Gasteiger partial charge is 0.481 e. The molecule has 3 aromatic rings. The first-order valence-corrected chi connectivity index (χ1v) is 13.2. The quantitative estimate of drug-likeness (QED) is 0.369. The number of fused-ring (bicyclic) bond motifs is 3. The maximum Gasteiger partial charge on any atom is 0.304 e. The lowest BCUT2D eigenvalue weighted by atomic mass is 9.86. The maximum absolute atomic E-state index is 14.9. The Morgan fingerprint density at radius 3 is 2.71 bits per heavy atom. The smallest absolute Gasteiger partial charge is 0.304 e. The second-order valence-electron chi connectivity index (χ2n) is 10.3. The summed E-state index contributed by atoms with van der Waals surface area (Å²) in [5.74, 6) is 0.256. The van der Waals surface area contributed by atoms with E-state index in [2.05, 4.69) is 54.6 Å². The number of benzene rings is 3. The molecular weight excluding hydrogens is 457 g/mol. The van der Waals surface area contributed by atoms with Crippen molar-refractivity contribution in [1.82, 2.24) is 4.31 Å². The van der Waals surface area contributed by atoms with Gasteiger partial charge in [-0.1, -0.05) is 55.5 Å². The van der Waals surface area contributed by atoms with E-state index in [1.807, 2.05) is 31.0 Å². The van der Waals surface area contributed by atoms with E-state index in [0.717, 1.165) is 35.7 Å². The van der Waals surface area contributed by atoms with Crippen molar-refractivity contribution in [1.29, 1.82) is 0 Å². The molecule has 3 aromatic carbocycles.